The Bertz CT molecular complexity index is 1190. The molecule has 0 unspecified atom stereocenters. The van der Waals surface area contributed by atoms with Crippen molar-refractivity contribution in [2.24, 2.45) is 0 Å². The van der Waals surface area contributed by atoms with E-state index in [2.05, 4.69) is 20.7 Å². The molecule has 1 aromatic heterocycles. The number of carbonyl (C=O) groups is 2. The minimum absolute atomic E-state index is 0.140. The predicted octanol–water partition coefficient (Wildman–Crippen LogP) is 3.25. The summed E-state index contributed by atoms with van der Waals surface area (Å²) in [4.78, 5) is 28.2. The highest BCUT2D eigenvalue weighted by molar-refractivity contribution is 5.93. The number of nitrogens with one attached hydrogen (secondary N) is 2. The lowest BCUT2D eigenvalue weighted by molar-refractivity contribution is -0.137. The summed E-state index contributed by atoms with van der Waals surface area (Å²) < 4.78 is 51.7. The van der Waals surface area contributed by atoms with Crippen molar-refractivity contribution >= 4 is 23.5 Å². The molecule has 0 bridgehead atoms. The summed E-state index contributed by atoms with van der Waals surface area (Å²) in [6, 6.07) is 9.12. The molecule has 0 fully saturated rings. The lowest BCUT2D eigenvalue weighted by atomic mass is 10.0. The maximum atomic E-state index is 13.1. The van der Waals surface area contributed by atoms with Crippen LogP contribution in [0.2, 0.25) is 0 Å². The second kappa shape index (κ2) is 8.81. The van der Waals surface area contributed by atoms with Crippen LogP contribution < -0.4 is 20.1 Å². The topological polar surface area (TPSA) is 107 Å². The maximum absolute atomic E-state index is 13.1. The molecule has 1 aliphatic heterocycles. The van der Waals surface area contributed by atoms with E-state index in [-0.39, 0.29) is 29.5 Å². The summed E-state index contributed by atoms with van der Waals surface area (Å²) in [5, 5.41) is 8.97. The van der Waals surface area contributed by atoms with Gasteiger partial charge in [0.25, 0.3) is 5.91 Å². The largest absolute Gasteiger partial charge is 0.493 e. The highest BCUT2D eigenvalue weighted by Gasteiger charge is 2.33. The van der Waals surface area contributed by atoms with Crippen LogP contribution in [-0.4, -0.2) is 40.3 Å². The minimum atomic E-state index is -4.61. The molecule has 0 spiro atoms. The molecular weight excluding hydrogens is 443 g/mol. The van der Waals surface area contributed by atoms with E-state index in [1.54, 1.807) is 22.9 Å². The van der Waals surface area contributed by atoms with Crippen LogP contribution in [0, 0.1) is 0 Å². The number of nitrogens with zero attached hydrogens (tertiary/aromatic N) is 3. The van der Waals surface area contributed by atoms with Gasteiger partial charge in [-0.25, -0.2) is 4.68 Å². The van der Waals surface area contributed by atoms with Crippen molar-refractivity contribution in [3.8, 4) is 11.5 Å². The van der Waals surface area contributed by atoms with Crippen LogP contribution in [0.4, 0.5) is 24.8 Å². The monoisotopic (exact) mass is 461 g/mol. The van der Waals surface area contributed by atoms with Gasteiger partial charge in [0.1, 0.15) is 6.33 Å². The van der Waals surface area contributed by atoms with Gasteiger partial charge >= 0.3 is 6.18 Å². The van der Waals surface area contributed by atoms with Gasteiger partial charge in [-0.05, 0) is 29.8 Å². The van der Waals surface area contributed by atoms with E-state index in [1.807, 2.05) is 0 Å². The summed E-state index contributed by atoms with van der Waals surface area (Å²) >= 11 is 0. The maximum Gasteiger partial charge on any atom is 0.418 e. The summed E-state index contributed by atoms with van der Waals surface area (Å²) in [5.74, 6) is -0.167. The van der Waals surface area contributed by atoms with Crippen LogP contribution in [-0.2, 0) is 15.8 Å². The minimum Gasteiger partial charge on any atom is -0.493 e. The highest BCUT2D eigenvalue weighted by Crippen LogP contribution is 2.36. The van der Waals surface area contributed by atoms with Gasteiger partial charge in [0.2, 0.25) is 11.9 Å². The van der Waals surface area contributed by atoms with E-state index in [9.17, 15) is 22.8 Å². The smallest absolute Gasteiger partial charge is 0.418 e. The average Bonchev–Trinajstić information content (AvgIpc) is 3.25. The number of carbonyl (C=O) groups excluding carboxylic acids is 2. The first kappa shape index (κ1) is 22.1. The van der Waals surface area contributed by atoms with E-state index < -0.39 is 30.3 Å². The SMILES string of the molecule is COc1cc([C@@H]2CC(=O)Nc3ncnn32)ccc1OCC(=O)Nc1ccccc1C(F)(F)F. The van der Waals surface area contributed by atoms with Gasteiger partial charge in [0.15, 0.2) is 18.1 Å². The van der Waals surface area contributed by atoms with Gasteiger partial charge in [-0.15, -0.1) is 0 Å². The molecule has 2 N–H and O–H groups in total. The van der Waals surface area contributed by atoms with Crippen molar-refractivity contribution in [3.05, 3.63) is 59.9 Å². The van der Waals surface area contributed by atoms with Crippen LogP contribution in [0.5, 0.6) is 11.5 Å². The summed E-state index contributed by atoms with van der Waals surface area (Å²) in [6.45, 7) is -0.541. The summed E-state index contributed by atoms with van der Waals surface area (Å²) in [5.41, 5.74) is -0.617. The van der Waals surface area contributed by atoms with Gasteiger partial charge in [-0.3, -0.25) is 14.9 Å². The van der Waals surface area contributed by atoms with Gasteiger partial charge < -0.3 is 14.8 Å². The molecule has 4 rings (SSSR count). The Balaban J connectivity index is 1.47. The molecular formula is C21H18F3N5O4. The fourth-order valence-electron chi connectivity index (χ4n) is 3.44. The van der Waals surface area contributed by atoms with E-state index in [0.29, 0.717) is 11.5 Å². The molecule has 12 heteroatoms. The molecule has 2 amide bonds. The standard InChI is InChI=1S/C21H18F3N5O4/c1-32-17-8-12(15-9-18(30)28-20-25-11-26-29(15)20)6-7-16(17)33-10-19(31)27-14-5-3-2-4-13(14)21(22,23)24/h2-8,11,15H,9-10H2,1H3,(H,27,31)(H,25,26,28,30)/t15-/m0/s1. The Morgan fingerprint density at radius 2 is 2.03 bits per heavy atom. The number of hydrogen-bond acceptors (Lipinski definition) is 6. The Hall–Kier alpha value is -4.09. The van der Waals surface area contributed by atoms with E-state index in [0.717, 1.165) is 12.1 Å². The number of alkyl halides is 3. The van der Waals surface area contributed by atoms with Crippen molar-refractivity contribution in [1.82, 2.24) is 14.8 Å². The van der Waals surface area contributed by atoms with Crippen LogP contribution in [0.25, 0.3) is 0 Å². The van der Waals surface area contributed by atoms with Gasteiger partial charge in [-0.1, -0.05) is 18.2 Å². The summed E-state index contributed by atoms with van der Waals surface area (Å²) in [6.07, 6.45) is -3.14. The van der Waals surface area contributed by atoms with Crippen LogP contribution in [0.15, 0.2) is 48.8 Å². The van der Waals surface area contributed by atoms with Gasteiger partial charge in [0.05, 0.1) is 30.8 Å². The third-order valence-electron chi connectivity index (χ3n) is 4.94. The fraction of sp³-hybridized carbons (Fsp3) is 0.238. The van der Waals surface area contributed by atoms with E-state index in [4.69, 9.17) is 9.47 Å². The van der Waals surface area contributed by atoms with Crippen molar-refractivity contribution in [2.75, 3.05) is 24.4 Å². The molecule has 3 aromatic rings. The first-order valence-electron chi connectivity index (χ1n) is 9.72. The molecule has 1 aliphatic rings. The lowest BCUT2D eigenvalue weighted by Gasteiger charge is -2.24. The lowest BCUT2D eigenvalue weighted by Crippen LogP contribution is -2.29. The fourth-order valence-corrected chi connectivity index (χ4v) is 3.44. The van der Waals surface area contributed by atoms with Crippen molar-refractivity contribution in [3.63, 3.8) is 0 Å². The number of amides is 2. The zero-order valence-electron chi connectivity index (χ0n) is 17.2. The third kappa shape index (κ3) is 4.73. The number of aromatic nitrogens is 3. The van der Waals surface area contributed by atoms with Crippen molar-refractivity contribution in [1.29, 1.82) is 0 Å². The summed E-state index contributed by atoms with van der Waals surface area (Å²) in [7, 11) is 1.40. The number of anilines is 2. The predicted molar refractivity (Wildman–Crippen MR) is 110 cm³/mol. The number of methoxy groups -OCH3 is 1. The molecule has 1 atom stereocenters. The van der Waals surface area contributed by atoms with Crippen molar-refractivity contribution < 1.29 is 32.2 Å². The molecule has 33 heavy (non-hydrogen) atoms. The Labute approximate surface area is 185 Å². The number of ether oxygens (including phenoxy) is 2. The quantitative estimate of drug-likeness (QED) is 0.584. The first-order chi connectivity index (χ1) is 15.8. The molecule has 0 saturated carbocycles. The zero-order valence-corrected chi connectivity index (χ0v) is 17.2. The first-order valence-corrected chi connectivity index (χ1v) is 9.72. The Morgan fingerprint density at radius 3 is 2.79 bits per heavy atom. The number of hydrogen-bond donors (Lipinski definition) is 2. The van der Waals surface area contributed by atoms with E-state index in [1.165, 1.54) is 25.6 Å². The number of fused-ring (bicyclic) bond motifs is 1. The molecule has 0 saturated heterocycles. The number of rotatable bonds is 6. The Morgan fingerprint density at radius 1 is 1.24 bits per heavy atom. The van der Waals surface area contributed by atoms with E-state index >= 15 is 0 Å². The highest BCUT2D eigenvalue weighted by atomic mass is 19.4. The molecule has 0 aliphatic carbocycles. The number of benzene rings is 2. The zero-order chi connectivity index (χ0) is 23.6. The average molecular weight is 461 g/mol. The number of para-hydroxylation sites is 1. The van der Waals surface area contributed by atoms with Crippen LogP contribution >= 0.6 is 0 Å². The normalized spacial score (nSPS) is 15.4. The Kier molecular flexibility index (Phi) is 5.90. The van der Waals surface area contributed by atoms with Gasteiger partial charge in [0, 0.05) is 0 Å². The molecule has 9 nitrogen and oxygen atoms in total. The molecule has 172 valence electrons. The van der Waals surface area contributed by atoms with Crippen LogP contribution in [0.1, 0.15) is 23.6 Å². The molecule has 2 heterocycles. The van der Waals surface area contributed by atoms with Crippen LogP contribution in [0.3, 0.4) is 0 Å². The second-order valence-corrected chi connectivity index (χ2v) is 7.09. The van der Waals surface area contributed by atoms with Gasteiger partial charge in [-0.2, -0.15) is 23.3 Å². The second-order valence-electron chi connectivity index (χ2n) is 7.09. The van der Waals surface area contributed by atoms with Crippen molar-refractivity contribution in [2.45, 2.75) is 18.6 Å². The molecule has 0 radical (unpaired) electrons. The number of halogens is 3. The molecule has 2 aromatic carbocycles. The third-order valence-corrected chi connectivity index (χ3v) is 4.94.